The minimum atomic E-state index is -0.0759. The van der Waals surface area contributed by atoms with E-state index in [2.05, 4.69) is 35.2 Å². The molecule has 1 aromatic rings. The Bertz CT molecular complexity index is 654. The molecule has 1 saturated heterocycles. The molecule has 1 N–H and O–H groups in total. The third kappa shape index (κ3) is 5.29. The van der Waals surface area contributed by atoms with Crippen LogP contribution >= 0.6 is 0 Å². The van der Waals surface area contributed by atoms with Crippen LogP contribution in [0.3, 0.4) is 0 Å². The number of aryl methyl sites for hydroxylation is 2. The van der Waals surface area contributed by atoms with Crippen LogP contribution in [-0.2, 0) is 22.5 Å². The molecule has 7 nitrogen and oxygen atoms in total. The maximum atomic E-state index is 12.3. The number of morpholine rings is 1. The van der Waals surface area contributed by atoms with Gasteiger partial charge in [-0.3, -0.25) is 14.4 Å². The third-order valence-corrected chi connectivity index (χ3v) is 5.15. The van der Waals surface area contributed by atoms with Crippen molar-refractivity contribution in [2.45, 2.75) is 59.0 Å². The van der Waals surface area contributed by atoms with Crippen LogP contribution in [0.15, 0.2) is 0 Å². The van der Waals surface area contributed by atoms with Crippen LogP contribution in [0.4, 0.5) is 0 Å². The Morgan fingerprint density at radius 2 is 2.04 bits per heavy atom. The molecule has 0 bridgehead atoms. The zero-order valence-electron chi connectivity index (χ0n) is 16.5. The van der Waals surface area contributed by atoms with Gasteiger partial charge in [0.1, 0.15) is 0 Å². The number of amides is 1. The summed E-state index contributed by atoms with van der Waals surface area (Å²) in [7, 11) is 0. The average Bonchev–Trinajstić information content (AvgIpc) is 2.90. The molecule has 1 aromatic heterocycles. The van der Waals surface area contributed by atoms with E-state index in [9.17, 15) is 4.79 Å². The summed E-state index contributed by atoms with van der Waals surface area (Å²) in [5.41, 5.74) is 3.04. The van der Waals surface area contributed by atoms with Crippen LogP contribution in [0, 0.1) is 25.2 Å². The fourth-order valence-corrected chi connectivity index (χ4v) is 3.39. The normalized spacial score (nSPS) is 15.7. The van der Waals surface area contributed by atoms with Gasteiger partial charge < -0.3 is 10.1 Å². The van der Waals surface area contributed by atoms with Gasteiger partial charge in [0.05, 0.1) is 37.9 Å². The zero-order valence-corrected chi connectivity index (χ0v) is 16.5. The topological polar surface area (TPSA) is 83.2 Å². The molecule has 144 valence electrons. The largest absolute Gasteiger partial charge is 0.379 e. The predicted molar refractivity (Wildman–Crippen MR) is 99.7 cm³/mol. The standard InChI is InChI=1S/C19H31N5O2/c1-15-17(16(2)24(22-15)9-5-8-20)6-7-18(25)21-14-19(3,4)23-10-12-26-13-11-23/h5-7,9-14H2,1-4H3,(H,21,25). The van der Waals surface area contributed by atoms with E-state index >= 15 is 0 Å². The second-order valence-electron chi connectivity index (χ2n) is 7.47. The van der Waals surface area contributed by atoms with E-state index in [0.29, 0.717) is 32.4 Å². The molecule has 26 heavy (non-hydrogen) atoms. The highest BCUT2D eigenvalue weighted by atomic mass is 16.5. The van der Waals surface area contributed by atoms with Crippen molar-refractivity contribution in [3.05, 3.63) is 17.0 Å². The summed E-state index contributed by atoms with van der Waals surface area (Å²) < 4.78 is 7.27. The summed E-state index contributed by atoms with van der Waals surface area (Å²) >= 11 is 0. The highest BCUT2D eigenvalue weighted by molar-refractivity contribution is 5.76. The lowest BCUT2D eigenvalue weighted by Gasteiger charge is -2.40. The number of hydrogen-bond donors (Lipinski definition) is 1. The number of hydrogen-bond acceptors (Lipinski definition) is 5. The maximum Gasteiger partial charge on any atom is 0.220 e. The molecule has 0 aromatic carbocycles. The first-order valence-corrected chi connectivity index (χ1v) is 9.34. The second-order valence-corrected chi connectivity index (χ2v) is 7.47. The SMILES string of the molecule is Cc1nn(CCC#N)c(C)c1CCC(=O)NCC(C)(C)N1CCOCC1. The van der Waals surface area contributed by atoms with Gasteiger partial charge in [0, 0.05) is 37.3 Å². The smallest absolute Gasteiger partial charge is 0.220 e. The van der Waals surface area contributed by atoms with E-state index in [-0.39, 0.29) is 11.4 Å². The number of aromatic nitrogens is 2. The predicted octanol–water partition coefficient (Wildman–Crippen LogP) is 1.57. The molecule has 1 amide bonds. The Morgan fingerprint density at radius 1 is 1.35 bits per heavy atom. The average molecular weight is 361 g/mol. The first-order chi connectivity index (χ1) is 12.3. The molecule has 1 fully saturated rings. The summed E-state index contributed by atoms with van der Waals surface area (Å²) in [5.74, 6) is 0.0647. The van der Waals surface area contributed by atoms with E-state index in [1.807, 2.05) is 18.5 Å². The Kier molecular flexibility index (Phi) is 7.18. The molecule has 2 rings (SSSR count). The maximum absolute atomic E-state index is 12.3. The highest BCUT2D eigenvalue weighted by Gasteiger charge is 2.28. The van der Waals surface area contributed by atoms with Gasteiger partial charge >= 0.3 is 0 Å². The minimum absolute atomic E-state index is 0.0647. The Morgan fingerprint density at radius 3 is 2.69 bits per heavy atom. The quantitative estimate of drug-likeness (QED) is 0.760. The summed E-state index contributed by atoms with van der Waals surface area (Å²) in [6.45, 7) is 12.8. The van der Waals surface area contributed by atoms with Crippen molar-refractivity contribution in [2.75, 3.05) is 32.8 Å². The summed E-state index contributed by atoms with van der Waals surface area (Å²) in [4.78, 5) is 14.7. The molecular weight excluding hydrogens is 330 g/mol. The van der Waals surface area contributed by atoms with Gasteiger partial charge in [0.25, 0.3) is 0 Å². The van der Waals surface area contributed by atoms with Crippen LogP contribution in [0.25, 0.3) is 0 Å². The lowest BCUT2D eigenvalue weighted by Crippen LogP contribution is -2.55. The first-order valence-electron chi connectivity index (χ1n) is 9.34. The van der Waals surface area contributed by atoms with Crippen molar-refractivity contribution in [3.8, 4) is 6.07 Å². The molecule has 2 heterocycles. The number of nitriles is 1. The van der Waals surface area contributed by atoms with Gasteiger partial charge in [-0.05, 0) is 39.7 Å². The molecule has 7 heteroatoms. The third-order valence-electron chi connectivity index (χ3n) is 5.15. The van der Waals surface area contributed by atoms with E-state index in [4.69, 9.17) is 10.00 Å². The van der Waals surface area contributed by atoms with Crippen molar-refractivity contribution in [1.29, 1.82) is 5.26 Å². The van der Waals surface area contributed by atoms with Crippen LogP contribution in [0.1, 0.15) is 43.6 Å². The lowest BCUT2D eigenvalue weighted by molar-refractivity contribution is -0.121. The molecule has 1 aliphatic rings. The number of nitrogens with one attached hydrogen (secondary N) is 1. The minimum Gasteiger partial charge on any atom is -0.379 e. The monoisotopic (exact) mass is 361 g/mol. The number of carbonyl (C=O) groups is 1. The summed E-state index contributed by atoms with van der Waals surface area (Å²) in [5, 5.41) is 16.3. The van der Waals surface area contributed by atoms with Gasteiger partial charge in [-0.25, -0.2) is 0 Å². The van der Waals surface area contributed by atoms with E-state index in [1.165, 1.54) is 0 Å². The number of nitrogens with zero attached hydrogens (tertiary/aromatic N) is 4. The highest BCUT2D eigenvalue weighted by Crippen LogP contribution is 2.17. The lowest BCUT2D eigenvalue weighted by atomic mass is 10.0. The Hall–Kier alpha value is -1.91. The Balaban J connectivity index is 1.83. The molecule has 0 atom stereocenters. The van der Waals surface area contributed by atoms with Crippen molar-refractivity contribution >= 4 is 5.91 Å². The van der Waals surface area contributed by atoms with Crippen molar-refractivity contribution in [2.24, 2.45) is 0 Å². The number of rotatable bonds is 8. The molecule has 0 saturated carbocycles. The fourth-order valence-electron chi connectivity index (χ4n) is 3.39. The second kappa shape index (κ2) is 9.15. The molecule has 0 radical (unpaired) electrons. The van der Waals surface area contributed by atoms with Gasteiger partial charge in [-0.15, -0.1) is 0 Å². The van der Waals surface area contributed by atoms with Crippen LogP contribution in [0.2, 0.25) is 0 Å². The van der Waals surface area contributed by atoms with Gasteiger partial charge in [0.2, 0.25) is 5.91 Å². The van der Waals surface area contributed by atoms with Gasteiger partial charge in [-0.1, -0.05) is 0 Å². The molecule has 0 unspecified atom stereocenters. The van der Waals surface area contributed by atoms with E-state index in [1.54, 1.807) is 0 Å². The number of carbonyl (C=O) groups excluding carboxylic acids is 1. The van der Waals surface area contributed by atoms with Crippen LogP contribution < -0.4 is 5.32 Å². The fraction of sp³-hybridized carbons (Fsp3) is 0.737. The molecule has 0 aliphatic carbocycles. The van der Waals surface area contributed by atoms with Crippen molar-refractivity contribution < 1.29 is 9.53 Å². The van der Waals surface area contributed by atoms with Crippen LogP contribution in [-0.4, -0.2) is 59.0 Å². The van der Waals surface area contributed by atoms with E-state index in [0.717, 1.165) is 43.3 Å². The first kappa shape index (κ1) is 20.4. The summed E-state index contributed by atoms with van der Waals surface area (Å²) in [6, 6.07) is 2.14. The van der Waals surface area contributed by atoms with Gasteiger partial charge in [-0.2, -0.15) is 10.4 Å². The zero-order chi connectivity index (χ0) is 19.2. The van der Waals surface area contributed by atoms with Crippen molar-refractivity contribution in [3.63, 3.8) is 0 Å². The molecule has 0 spiro atoms. The number of ether oxygens (including phenoxy) is 1. The molecule has 1 aliphatic heterocycles. The molecular formula is C19H31N5O2. The van der Waals surface area contributed by atoms with Crippen molar-refractivity contribution in [1.82, 2.24) is 20.0 Å². The Labute approximate surface area is 156 Å². The van der Waals surface area contributed by atoms with Gasteiger partial charge in [0.15, 0.2) is 0 Å². The summed E-state index contributed by atoms with van der Waals surface area (Å²) in [6.07, 6.45) is 1.57. The van der Waals surface area contributed by atoms with E-state index < -0.39 is 0 Å². The van der Waals surface area contributed by atoms with Crippen LogP contribution in [0.5, 0.6) is 0 Å².